The van der Waals surface area contributed by atoms with Gasteiger partial charge in [-0.25, -0.2) is 4.98 Å². The zero-order valence-corrected chi connectivity index (χ0v) is 14.0. The van der Waals surface area contributed by atoms with Crippen molar-refractivity contribution >= 4 is 32.7 Å². The standard InChI is InChI=1S/C17H18BrN3/c1-11-8-9-13(18)15(10-11)19-12(2)17-20-14-6-4-5-7-16(14)21(17)3/h4-10,12,19H,1-3H3. The van der Waals surface area contributed by atoms with Crippen molar-refractivity contribution in [3.63, 3.8) is 0 Å². The monoisotopic (exact) mass is 343 g/mol. The molecule has 0 fully saturated rings. The number of benzene rings is 2. The summed E-state index contributed by atoms with van der Waals surface area (Å²) in [6.07, 6.45) is 0. The molecule has 1 N–H and O–H groups in total. The first-order valence-corrected chi connectivity index (χ1v) is 7.79. The van der Waals surface area contributed by atoms with Gasteiger partial charge in [0.1, 0.15) is 5.82 Å². The third-order valence-electron chi connectivity index (χ3n) is 3.70. The van der Waals surface area contributed by atoms with Gasteiger partial charge in [-0.05, 0) is 59.6 Å². The minimum atomic E-state index is 0.125. The minimum absolute atomic E-state index is 0.125. The second kappa shape index (κ2) is 5.53. The number of fused-ring (bicyclic) bond motifs is 1. The third kappa shape index (κ3) is 2.68. The molecule has 0 aliphatic rings. The topological polar surface area (TPSA) is 29.9 Å². The van der Waals surface area contributed by atoms with E-state index in [4.69, 9.17) is 4.98 Å². The van der Waals surface area contributed by atoms with E-state index in [9.17, 15) is 0 Å². The number of anilines is 1. The maximum atomic E-state index is 4.75. The molecule has 0 amide bonds. The average Bonchev–Trinajstić information content (AvgIpc) is 2.81. The van der Waals surface area contributed by atoms with E-state index in [1.54, 1.807) is 0 Å². The molecule has 1 heterocycles. The van der Waals surface area contributed by atoms with Gasteiger partial charge in [0.05, 0.1) is 17.1 Å². The fourth-order valence-electron chi connectivity index (χ4n) is 2.60. The fraction of sp³-hybridized carbons (Fsp3) is 0.235. The van der Waals surface area contributed by atoms with E-state index in [2.05, 4.69) is 71.0 Å². The van der Waals surface area contributed by atoms with Crippen molar-refractivity contribution in [3.05, 3.63) is 58.3 Å². The highest BCUT2D eigenvalue weighted by Crippen LogP contribution is 2.28. The summed E-state index contributed by atoms with van der Waals surface area (Å²) in [4.78, 5) is 4.75. The Bertz CT molecular complexity index is 792. The molecular formula is C17H18BrN3. The van der Waals surface area contributed by atoms with Crippen LogP contribution in [-0.4, -0.2) is 9.55 Å². The molecule has 1 unspecified atom stereocenters. The Balaban J connectivity index is 1.95. The quantitative estimate of drug-likeness (QED) is 0.738. The van der Waals surface area contributed by atoms with Crippen LogP contribution in [0.4, 0.5) is 5.69 Å². The lowest BCUT2D eigenvalue weighted by Crippen LogP contribution is -2.12. The Morgan fingerprint density at radius 3 is 2.71 bits per heavy atom. The number of aromatic nitrogens is 2. The number of nitrogens with one attached hydrogen (secondary N) is 1. The molecule has 0 spiro atoms. The molecule has 0 radical (unpaired) electrons. The molecule has 3 nitrogen and oxygen atoms in total. The molecule has 0 bridgehead atoms. The van der Waals surface area contributed by atoms with E-state index in [0.29, 0.717) is 0 Å². The lowest BCUT2D eigenvalue weighted by Gasteiger charge is -2.17. The summed E-state index contributed by atoms with van der Waals surface area (Å²) in [6.45, 7) is 4.23. The lowest BCUT2D eigenvalue weighted by molar-refractivity contribution is 0.733. The van der Waals surface area contributed by atoms with Gasteiger partial charge in [-0.15, -0.1) is 0 Å². The Kier molecular flexibility index (Phi) is 3.72. The van der Waals surface area contributed by atoms with Gasteiger partial charge in [-0.2, -0.15) is 0 Å². The first-order chi connectivity index (χ1) is 10.1. The van der Waals surface area contributed by atoms with Gasteiger partial charge in [0.25, 0.3) is 0 Å². The number of nitrogens with zero attached hydrogens (tertiary/aromatic N) is 2. The van der Waals surface area contributed by atoms with Crippen molar-refractivity contribution in [2.75, 3.05) is 5.32 Å². The van der Waals surface area contributed by atoms with Crippen LogP contribution in [0.5, 0.6) is 0 Å². The first-order valence-electron chi connectivity index (χ1n) is 7.00. The molecule has 0 saturated carbocycles. The van der Waals surface area contributed by atoms with Crippen LogP contribution in [0.3, 0.4) is 0 Å². The predicted octanol–water partition coefficient (Wildman–Crippen LogP) is 4.82. The van der Waals surface area contributed by atoms with E-state index in [-0.39, 0.29) is 6.04 Å². The molecule has 3 rings (SSSR count). The molecule has 21 heavy (non-hydrogen) atoms. The Morgan fingerprint density at radius 1 is 1.19 bits per heavy atom. The van der Waals surface area contributed by atoms with Gasteiger partial charge in [0.15, 0.2) is 0 Å². The van der Waals surface area contributed by atoms with Crippen molar-refractivity contribution in [3.8, 4) is 0 Å². The van der Waals surface area contributed by atoms with E-state index in [1.807, 2.05) is 18.2 Å². The van der Waals surface area contributed by atoms with Crippen LogP contribution in [0.15, 0.2) is 46.9 Å². The Hall–Kier alpha value is -1.81. The molecule has 108 valence electrons. The van der Waals surface area contributed by atoms with E-state index < -0.39 is 0 Å². The number of imidazole rings is 1. The van der Waals surface area contributed by atoms with Crippen LogP contribution in [0, 0.1) is 6.92 Å². The van der Waals surface area contributed by atoms with Gasteiger partial charge >= 0.3 is 0 Å². The predicted molar refractivity (Wildman–Crippen MR) is 91.6 cm³/mol. The highest BCUT2D eigenvalue weighted by Gasteiger charge is 2.15. The Labute approximate surface area is 133 Å². The molecule has 1 aromatic heterocycles. The van der Waals surface area contributed by atoms with Crippen molar-refractivity contribution in [2.45, 2.75) is 19.9 Å². The molecule has 2 aromatic carbocycles. The van der Waals surface area contributed by atoms with Crippen LogP contribution in [0.1, 0.15) is 24.4 Å². The van der Waals surface area contributed by atoms with Gasteiger partial charge in [0.2, 0.25) is 0 Å². The van der Waals surface area contributed by atoms with E-state index in [0.717, 1.165) is 27.0 Å². The zero-order chi connectivity index (χ0) is 15.0. The van der Waals surface area contributed by atoms with Gasteiger partial charge in [-0.1, -0.05) is 18.2 Å². The van der Waals surface area contributed by atoms with Crippen LogP contribution in [0.25, 0.3) is 11.0 Å². The van der Waals surface area contributed by atoms with Crippen molar-refractivity contribution in [1.29, 1.82) is 0 Å². The van der Waals surface area contributed by atoms with Crippen LogP contribution >= 0.6 is 15.9 Å². The number of hydrogen-bond acceptors (Lipinski definition) is 2. The van der Waals surface area contributed by atoms with Crippen molar-refractivity contribution < 1.29 is 0 Å². The molecule has 0 aliphatic heterocycles. The summed E-state index contributed by atoms with van der Waals surface area (Å²) >= 11 is 3.59. The molecule has 1 atom stereocenters. The van der Waals surface area contributed by atoms with Gasteiger partial charge in [0, 0.05) is 17.2 Å². The zero-order valence-electron chi connectivity index (χ0n) is 12.4. The fourth-order valence-corrected chi connectivity index (χ4v) is 2.96. The summed E-state index contributed by atoms with van der Waals surface area (Å²) in [5.74, 6) is 1.03. The normalized spacial score (nSPS) is 12.6. The SMILES string of the molecule is Cc1ccc(Br)c(NC(C)c2nc3ccccc3n2C)c1. The smallest absolute Gasteiger partial charge is 0.131 e. The minimum Gasteiger partial charge on any atom is -0.374 e. The largest absolute Gasteiger partial charge is 0.374 e. The average molecular weight is 344 g/mol. The van der Waals surface area contributed by atoms with Crippen LogP contribution in [-0.2, 0) is 7.05 Å². The summed E-state index contributed by atoms with van der Waals surface area (Å²) in [6, 6.07) is 14.6. The van der Waals surface area contributed by atoms with Crippen LogP contribution in [0.2, 0.25) is 0 Å². The molecule has 0 saturated heterocycles. The number of rotatable bonds is 3. The number of halogens is 1. The summed E-state index contributed by atoms with van der Waals surface area (Å²) in [5.41, 5.74) is 4.52. The second-order valence-electron chi connectivity index (χ2n) is 5.37. The van der Waals surface area contributed by atoms with Crippen molar-refractivity contribution in [1.82, 2.24) is 9.55 Å². The van der Waals surface area contributed by atoms with E-state index >= 15 is 0 Å². The maximum absolute atomic E-state index is 4.75. The summed E-state index contributed by atoms with van der Waals surface area (Å²) in [5, 5.41) is 3.54. The maximum Gasteiger partial charge on any atom is 0.131 e. The number of para-hydroxylation sites is 2. The number of aryl methyl sites for hydroxylation is 2. The van der Waals surface area contributed by atoms with Gasteiger partial charge in [-0.3, -0.25) is 0 Å². The Morgan fingerprint density at radius 2 is 1.95 bits per heavy atom. The molecule has 4 heteroatoms. The van der Waals surface area contributed by atoms with Gasteiger partial charge < -0.3 is 9.88 Å². The summed E-state index contributed by atoms with van der Waals surface area (Å²) in [7, 11) is 2.06. The van der Waals surface area contributed by atoms with Crippen molar-refractivity contribution in [2.24, 2.45) is 7.05 Å². The molecule has 3 aromatic rings. The third-order valence-corrected chi connectivity index (χ3v) is 4.39. The molecular weight excluding hydrogens is 326 g/mol. The highest BCUT2D eigenvalue weighted by molar-refractivity contribution is 9.10. The summed E-state index contributed by atoms with van der Waals surface area (Å²) < 4.78 is 3.22. The highest BCUT2D eigenvalue weighted by atomic mass is 79.9. The molecule has 0 aliphatic carbocycles. The second-order valence-corrected chi connectivity index (χ2v) is 6.22. The number of hydrogen-bond donors (Lipinski definition) is 1. The first kappa shape index (κ1) is 14.1. The lowest BCUT2D eigenvalue weighted by atomic mass is 10.2. The van der Waals surface area contributed by atoms with Crippen LogP contribution < -0.4 is 5.32 Å². The van der Waals surface area contributed by atoms with E-state index in [1.165, 1.54) is 5.56 Å².